The molecule has 1 fully saturated rings. The summed E-state index contributed by atoms with van der Waals surface area (Å²) in [6.45, 7) is 0.146. The molecular formula is C25H20N2O5S2. The lowest BCUT2D eigenvalue weighted by Crippen LogP contribution is -2.33. The molecule has 1 N–H and O–H groups in total. The predicted molar refractivity (Wildman–Crippen MR) is 133 cm³/mol. The van der Waals surface area contributed by atoms with E-state index in [4.69, 9.17) is 26.8 Å². The van der Waals surface area contributed by atoms with Crippen LogP contribution in [0, 0.1) is 0 Å². The highest BCUT2D eigenvalue weighted by molar-refractivity contribution is 8.26. The van der Waals surface area contributed by atoms with E-state index in [0.29, 0.717) is 28.6 Å². The molecule has 1 saturated heterocycles. The van der Waals surface area contributed by atoms with Crippen LogP contribution in [-0.2, 0) is 22.8 Å². The van der Waals surface area contributed by atoms with Gasteiger partial charge in [-0.1, -0.05) is 66.4 Å². The number of pyridine rings is 1. The summed E-state index contributed by atoms with van der Waals surface area (Å²) in [7, 11) is 0. The highest BCUT2D eigenvalue weighted by Crippen LogP contribution is 2.35. The fourth-order valence-corrected chi connectivity index (χ4v) is 4.40. The van der Waals surface area contributed by atoms with Crippen molar-refractivity contribution in [3.8, 4) is 11.5 Å². The molecule has 34 heavy (non-hydrogen) atoms. The van der Waals surface area contributed by atoms with Crippen LogP contribution in [0.3, 0.4) is 0 Å². The van der Waals surface area contributed by atoms with Crippen LogP contribution < -0.4 is 9.47 Å². The Hall–Kier alpha value is -3.69. The number of carbonyl (C=O) groups is 2. The zero-order chi connectivity index (χ0) is 23.9. The van der Waals surface area contributed by atoms with Crippen molar-refractivity contribution in [3.63, 3.8) is 0 Å². The number of thiocarbonyl (C=S) groups is 1. The number of carboxylic acid groups (broad SMARTS) is 1. The highest BCUT2D eigenvalue weighted by atomic mass is 32.2. The number of rotatable bonds is 9. The van der Waals surface area contributed by atoms with Crippen LogP contribution >= 0.6 is 24.0 Å². The van der Waals surface area contributed by atoms with Gasteiger partial charge in [0.25, 0.3) is 5.91 Å². The molecule has 1 amide bonds. The molecule has 0 atom stereocenters. The Kier molecular flexibility index (Phi) is 7.56. The van der Waals surface area contributed by atoms with Gasteiger partial charge in [-0.3, -0.25) is 19.5 Å². The molecule has 0 unspecified atom stereocenters. The summed E-state index contributed by atoms with van der Waals surface area (Å²) in [5, 5.41) is 9.02. The van der Waals surface area contributed by atoms with E-state index in [0.717, 1.165) is 27.9 Å². The normalized spacial score (nSPS) is 14.5. The number of hydrogen-bond acceptors (Lipinski definition) is 7. The molecule has 2 heterocycles. The maximum atomic E-state index is 12.6. The van der Waals surface area contributed by atoms with Crippen LogP contribution in [0.1, 0.15) is 16.8 Å². The zero-order valence-corrected chi connectivity index (χ0v) is 19.6. The van der Waals surface area contributed by atoms with Crippen molar-refractivity contribution in [1.29, 1.82) is 0 Å². The van der Waals surface area contributed by atoms with Gasteiger partial charge in [0.15, 0.2) is 11.5 Å². The average molecular weight is 493 g/mol. The Labute approximate surface area is 206 Å². The van der Waals surface area contributed by atoms with Gasteiger partial charge in [0.05, 0.1) is 10.6 Å². The second-order valence-electron chi connectivity index (χ2n) is 7.25. The fraction of sp³-hybridized carbons (Fsp3) is 0.120. The van der Waals surface area contributed by atoms with Gasteiger partial charge in [-0.2, -0.15) is 0 Å². The van der Waals surface area contributed by atoms with Crippen LogP contribution in [0.25, 0.3) is 6.08 Å². The number of amides is 1. The molecule has 0 radical (unpaired) electrons. The van der Waals surface area contributed by atoms with E-state index >= 15 is 0 Å². The van der Waals surface area contributed by atoms with Crippen molar-refractivity contribution < 1.29 is 24.2 Å². The number of benzene rings is 2. The third-order valence-corrected chi connectivity index (χ3v) is 6.15. The molecule has 0 saturated carbocycles. The number of thioether (sulfide) groups is 1. The summed E-state index contributed by atoms with van der Waals surface area (Å²) < 4.78 is 12.2. The van der Waals surface area contributed by atoms with Gasteiger partial charge < -0.3 is 14.6 Å². The fourth-order valence-electron chi connectivity index (χ4n) is 3.14. The van der Waals surface area contributed by atoms with Gasteiger partial charge in [0.2, 0.25) is 0 Å². The number of hydrogen-bond donors (Lipinski definition) is 1. The topological polar surface area (TPSA) is 89.0 Å². The van der Waals surface area contributed by atoms with Crippen LogP contribution in [0.4, 0.5) is 0 Å². The van der Waals surface area contributed by atoms with Crippen molar-refractivity contribution >= 4 is 46.3 Å². The number of aliphatic carboxylic acids is 1. The number of ether oxygens (including phenoxy) is 2. The second-order valence-corrected chi connectivity index (χ2v) is 8.93. The maximum absolute atomic E-state index is 12.6. The smallest absolute Gasteiger partial charge is 0.323 e. The molecule has 4 rings (SSSR count). The molecular weight excluding hydrogens is 472 g/mol. The monoisotopic (exact) mass is 492 g/mol. The van der Waals surface area contributed by atoms with Crippen LogP contribution in [0.5, 0.6) is 11.5 Å². The number of aromatic nitrogens is 1. The van der Waals surface area contributed by atoms with Gasteiger partial charge in [0.1, 0.15) is 24.1 Å². The first-order chi connectivity index (χ1) is 16.5. The first-order valence-corrected chi connectivity index (χ1v) is 11.5. The summed E-state index contributed by atoms with van der Waals surface area (Å²) in [6.07, 6.45) is 3.36. The van der Waals surface area contributed by atoms with Crippen molar-refractivity contribution in [2.24, 2.45) is 0 Å². The van der Waals surface area contributed by atoms with E-state index in [1.54, 1.807) is 30.5 Å². The van der Waals surface area contributed by atoms with Crippen LogP contribution in [0.2, 0.25) is 0 Å². The minimum atomic E-state index is -1.12. The summed E-state index contributed by atoms with van der Waals surface area (Å²) in [5.74, 6) is -0.507. The van der Waals surface area contributed by atoms with E-state index in [9.17, 15) is 9.59 Å². The first kappa shape index (κ1) is 23.5. The Morgan fingerprint density at radius 3 is 2.53 bits per heavy atom. The van der Waals surface area contributed by atoms with Crippen molar-refractivity contribution in [2.45, 2.75) is 13.2 Å². The third kappa shape index (κ3) is 6.00. The van der Waals surface area contributed by atoms with E-state index in [1.807, 2.05) is 48.5 Å². The summed E-state index contributed by atoms with van der Waals surface area (Å²) in [4.78, 5) is 29.3. The molecule has 1 aliphatic rings. The average Bonchev–Trinajstić information content (AvgIpc) is 3.10. The van der Waals surface area contributed by atoms with Gasteiger partial charge >= 0.3 is 5.97 Å². The molecule has 0 spiro atoms. The lowest BCUT2D eigenvalue weighted by Gasteiger charge is -2.14. The molecule has 0 bridgehead atoms. The van der Waals surface area contributed by atoms with E-state index < -0.39 is 18.4 Å². The first-order valence-electron chi connectivity index (χ1n) is 10.3. The van der Waals surface area contributed by atoms with Gasteiger partial charge in [-0.05, 0) is 41.5 Å². The largest absolute Gasteiger partial charge is 0.485 e. The van der Waals surface area contributed by atoms with E-state index in [2.05, 4.69) is 4.98 Å². The van der Waals surface area contributed by atoms with Crippen LogP contribution in [0.15, 0.2) is 77.8 Å². The van der Waals surface area contributed by atoms with Gasteiger partial charge in [-0.15, -0.1) is 0 Å². The Morgan fingerprint density at radius 1 is 1.03 bits per heavy atom. The number of carboxylic acids is 1. The van der Waals surface area contributed by atoms with E-state index in [-0.39, 0.29) is 10.9 Å². The predicted octanol–water partition coefficient (Wildman–Crippen LogP) is 4.53. The summed E-state index contributed by atoms with van der Waals surface area (Å²) >= 11 is 6.23. The molecule has 3 aromatic rings. The quantitative estimate of drug-likeness (QED) is 0.344. The Morgan fingerprint density at radius 2 is 1.79 bits per heavy atom. The molecule has 0 aliphatic carbocycles. The SMILES string of the molecule is O=C(O)CN1C(=O)C(=Cc2ccc(OCc3ccccc3)c(OCc3ccccn3)c2)SC1=S. The second kappa shape index (κ2) is 11.0. The molecule has 2 aromatic carbocycles. The maximum Gasteiger partial charge on any atom is 0.323 e. The van der Waals surface area contributed by atoms with Crippen LogP contribution in [-0.4, -0.2) is 37.7 Å². The highest BCUT2D eigenvalue weighted by Gasteiger charge is 2.33. The summed E-state index contributed by atoms with van der Waals surface area (Å²) in [6, 6.07) is 20.7. The zero-order valence-electron chi connectivity index (χ0n) is 17.9. The minimum Gasteiger partial charge on any atom is -0.485 e. The van der Waals surface area contributed by atoms with Gasteiger partial charge in [0, 0.05) is 6.20 Å². The molecule has 1 aromatic heterocycles. The third-order valence-electron chi connectivity index (χ3n) is 4.77. The lowest BCUT2D eigenvalue weighted by molar-refractivity contribution is -0.140. The molecule has 1 aliphatic heterocycles. The summed E-state index contributed by atoms with van der Waals surface area (Å²) in [5.41, 5.74) is 2.47. The molecule has 172 valence electrons. The molecule has 9 heteroatoms. The lowest BCUT2D eigenvalue weighted by atomic mass is 10.1. The Balaban J connectivity index is 1.57. The number of nitrogens with zero attached hydrogens (tertiary/aromatic N) is 2. The van der Waals surface area contributed by atoms with E-state index in [1.165, 1.54) is 0 Å². The van der Waals surface area contributed by atoms with Crippen molar-refractivity contribution in [1.82, 2.24) is 9.88 Å². The minimum absolute atomic E-state index is 0.216. The number of carbonyl (C=O) groups excluding carboxylic acids is 1. The Bertz CT molecular complexity index is 1230. The molecule has 7 nitrogen and oxygen atoms in total. The van der Waals surface area contributed by atoms with Crippen molar-refractivity contribution in [3.05, 3.63) is 94.7 Å². The van der Waals surface area contributed by atoms with Gasteiger partial charge in [-0.25, -0.2) is 0 Å². The van der Waals surface area contributed by atoms with Crippen molar-refractivity contribution in [2.75, 3.05) is 6.54 Å². The standard InChI is InChI=1S/C25H20N2O5S2/c28-23(29)14-27-24(30)22(34-25(27)33)13-18-9-10-20(31-15-17-6-2-1-3-7-17)21(12-18)32-16-19-8-4-5-11-26-19/h1-13H,14-16H2,(H,28,29).